The van der Waals surface area contributed by atoms with Gasteiger partial charge >= 0.3 is 0 Å². The Morgan fingerprint density at radius 2 is 2.00 bits per heavy atom. The number of alkyl halides is 1. The van der Waals surface area contributed by atoms with Gasteiger partial charge in [-0.2, -0.15) is 0 Å². The van der Waals surface area contributed by atoms with Crippen molar-refractivity contribution >= 4 is 29.1 Å². The maximum absolute atomic E-state index is 12.1. The quantitative estimate of drug-likeness (QED) is 0.728. The molecule has 0 bridgehead atoms. The number of hydrogen-bond donors (Lipinski definition) is 0. The predicted molar refractivity (Wildman–Crippen MR) is 72.7 cm³/mol. The molecular formula is C13H17Cl2NO. The van der Waals surface area contributed by atoms with Crippen LogP contribution < -0.4 is 0 Å². The van der Waals surface area contributed by atoms with Crippen LogP contribution in [0.4, 0.5) is 0 Å². The summed E-state index contributed by atoms with van der Waals surface area (Å²) in [5, 5.41) is 0.642. The molecule has 1 aromatic rings. The second-order valence-electron chi connectivity index (χ2n) is 3.84. The molecule has 0 N–H and O–H groups in total. The van der Waals surface area contributed by atoms with Crippen molar-refractivity contribution in [1.82, 2.24) is 4.90 Å². The molecule has 0 spiro atoms. The molecule has 0 saturated carbocycles. The monoisotopic (exact) mass is 273 g/mol. The number of rotatable bonds is 6. The van der Waals surface area contributed by atoms with E-state index >= 15 is 0 Å². The molecule has 0 saturated heterocycles. The highest BCUT2D eigenvalue weighted by molar-refractivity contribution is 6.31. The van der Waals surface area contributed by atoms with Gasteiger partial charge in [0.25, 0.3) is 0 Å². The van der Waals surface area contributed by atoms with Gasteiger partial charge < -0.3 is 4.90 Å². The van der Waals surface area contributed by atoms with Crippen molar-refractivity contribution in [2.45, 2.75) is 19.8 Å². The van der Waals surface area contributed by atoms with Gasteiger partial charge in [0, 0.05) is 24.0 Å². The Morgan fingerprint density at radius 3 is 2.59 bits per heavy atom. The molecule has 0 aliphatic heterocycles. The largest absolute Gasteiger partial charge is 0.341 e. The summed E-state index contributed by atoms with van der Waals surface area (Å²) < 4.78 is 0. The molecule has 2 nitrogen and oxygen atoms in total. The van der Waals surface area contributed by atoms with Gasteiger partial charge in [-0.3, -0.25) is 4.79 Å². The first kappa shape index (κ1) is 14.3. The van der Waals surface area contributed by atoms with Crippen LogP contribution in [0.2, 0.25) is 5.02 Å². The predicted octanol–water partition coefficient (Wildman–Crippen LogP) is 3.36. The van der Waals surface area contributed by atoms with Crippen LogP contribution in [-0.4, -0.2) is 29.8 Å². The minimum absolute atomic E-state index is 0.0839. The van der Waals surface area contributed by atoms with E-state index in [9.17, 15) is 4.79 Å². The molecule has 0 heterocycles. The lowest BCUT2D eigenvalue weighted by Crippen LogP contribution is -2.34. The smallest absolute Gasteiger partial charge is 0.227 e. The normalized spacial score (nSPS) is 10.3. The van der Waals surface area contributed by atoms with E-state index < -0.39 is 0 Å². The average Bonchev–Trinajstić information content (AvgIpc) is 2.32. The van der Waals surface area contributed by atoms with Gasteiger partial charge in [-0.1, -0.05) is 36.7 Å². The van der Waals surface area contributed by atoms with E-state index in [0.717, 1.165) is 18.5 Å². The number of amides is 1. The fourth-order valence-corrected chi connectivity index (χ4v) is 2.06. The molecule has 0 unspecified atom stereocenters. The van der Waals surface area contributed by atoms with Crippen LogP contribution in [0.15, 0.2) is 24.3 Å². The van der Waals surface area contributed by atoms with Gasteiger partial charge in [0.05, 0.1) is 6.42 Å². The SMILES string of the molecule is CCCN(CCCl)C(=O)Cc1ccccc1Cl. The molecule has 17 heavy (non-hydrogen) atoms. The van der Waals surface area contributed by atoms with Gasteiger partial charge in [-0.25, -0.2) is 0 Å². The second-order valence-corrected chi connectivity index (χ2v) is 4.62. The van der Waals surface area contributed by atoms with Gasteiger partial charge in [0.2, 0.25) is 5.91 Å². The molecular weight excluding hydrogens is 257 g/mol. The third-order valence-corrected chi connectivity index (χ3v) is 3.04. The Kier molecular flexibility index (Phi) is 6.38. The van der Waals surface area contributed by atoms with Crippen molar-refractivity contribution in [3.05, 3.63) is 34.9 Å². The average molecular weight is 274 g/mol. The van der Waals surface area contributed by atoms with Gasteiger partial charge in [-0.15, -0.1) is 11.6 Å². The molecule has 0 aliphatic rings. The van der Waals surface area contributed by atoms with E-state index in [1.165, 1.54) is 0 Å². The fourth-order valence-electron chi connectivity index (χ4n) is 1.65. The van der Waals surface area contributed by atoms with Crippen molar-refractivity contribution in [3.8, 4) is 0 Å². The Bertz CT molecular complexity index is 362. The minimum Gasteiger partial charge on any atom is -0.341 e. The van der Waals surface area contributed by atoms with Crippen molar-refractivity contribution in [2.75, 3.05) is 19.0 Å². The van der Waals surface area contributed by atoms with Crippen molar-refractivity contribution in [3.63, 3.8) is 0 Å². The van der Waals surface area contributed by atoms with Gasteiger partial charge in [-0.05, 0) is 18.1 Å². The number of benzene rings is 1. The number of halogens is 2. The Balaban J connectivity index is 2.66. The third-order valence-electron chi connectivity index (χ3n) is 2.50. The van der Waals surface area contributed by atoms with Crippen molar-refractivity contribution in [2.24, 2.45) is 0 Å². The number of carbonyl (C=O) groups excluding carboxylic acids is 1. The molecule has 0 aliphatic carbocycles. The summed E-state index contributed by atoms with van der Waals surface area (Å²) in [5.41, 5.74) is 0.870. The summed E-state index contributed by atoms with van der Waals surface area (Å²) in [6, 6.07) is 7.43. The summed E-state index contributed by atoms with van der Waals surface area (Å²) in [6.45, 7) is 3.39. The van der Waals surface area contributed by atoms with Crippen LogP contribution in [-0.2, 0) is 11.2 Å². The summed E-state index contributed by atoms with van der Waals surface area (Å²) in [7, 11) is 0. The van der Waals surface area contributed by atoms with E-state index in [2.05, 4.69) is 0 Å². The zero-order valence-corrected chi connectivity index (χ0v) is 11.5. The van der Waals surface area contributed by atoms with E-state index in [-0.39, 0.29) is 5.91 Å². The maximum atomic E-state index is 12.1. The number of hydrogen-bond acceptors (Lipinski definition) is 1. The van der Waals surface area contributed by atoms with Crippen LogP contribution in [0.3, 0.4) is 0 Å². The highest BCUT2D eigenvalue weighted by Crippen LogP contribution is 2.16. The maximum Gasteiger partial charge on any atom is 0.227 e. The molecule has 1 amide bonds. The zero-order chi connectivity index (χ0) is 12.7. The molecule has 0 radical (unpaired) electrons. The van der Waals surface area contributed by atoms with Crippen LogP contribution >= 0.6 is 23.2 Å². The van der Waals surface area contributed by atoms with Crippen LogP contribution in [0.5, 0.6) is 0 Å². The second kappa shape index (κ2) is 7.57. The lowest BCUT2D eigenvalue weighted by molar-refractivity contribution is -0.130. The lowest BCUT2D eigenvalue weighted by atomic mass is 10.1. The Labute approximate surface area is 113 Å². The van der Waals surface area contributed by atoms with Crippen LogP contribution in [0, 0.1) is 0 Å². The summed E-state index contributed by atoms with van der Waals surface area (Å²) in [4.78, 5) is 13.8. The molecule has 0 fully saturated rings. The summed E-state index contributed by atoms with van der Waals surface area (Å²) >= 11 is 11.7. The van der Waals surface area contributed by atoms with Crippen LogP contribution in [0.25, 0.3) is 0 Å². The number of nitrogens with zero attached hydrogens (tertiary/aromatic N) is 1. The molecule has 1 aromatic carbocycles. The van der Waals surface area contributed by atoms with E-state index in [4.69, 9.17) is 23.2 Å². The Hall–Kier alpha value is -0.730. The van der Waals surface area contributed by atoms with Crippen molar-refractivity contribution in [1.29, 1.82) is 0 Å². The first-order valence-corrected chi connectivity index (χ1v) is 6.67. The topological polar surface area (TPSA) is 20.3 Å². The standard InChI is InChI=1S/C13H17Cl2NO/c1-2-8-16(9-7-14)13(17)10-11-5-3-4-6-12(11)15/h3-6H,2,7-10H2,1H3. The first-order valence-electron chi connectivity index (χ1n) is 5.76. The Morgan fingerprint density at radius 1 is 1.29 bits per heavy atom. The molecule has 1 rings (SSSR count). The molecule has 94 valence electrons. The highest BCUT2D eigenvalue weighted by Gasteiger charge is 2.13. The number of carbonyl (C=O) groups is 1. The van der Waals surface area contributed by atoms with Crippen LogP contribution in [0.1, 0.15) is 18.9 Å². The minimum atomic E-state index is 0.0839. The van der Waals surface area contributed by atoms with E-state index in [1.54, 1.807) is 11.0 Å². The van der Waals surface area contributed by atoms with Crippen molar-refractivity contribution < 1.29 is 4.79 Å². The zero-order valence-electron chi connectivity index (χ0n) is 9.96. The summed E-state index contributed by atoms with van der Waals surface area (Å²) in [5.74, 6) is 0.550. The first-order chi connectivity index (χ1) is 8.19. The van der Waals surface area contributed by atoms with E-state index in [0.29, 0.717) is 23.9 Å². The lowest BCUT2D eigenvalue weighted by Gasteiger charge is -2.21. The highest BCUT2D eigenvalue weighted by atomic mass is 35.5. The summed E-state index contributed by atoms with van der Waals surface area (Å²) in [6.07, 6.45) is 1.28. The van der Waals surface area contributed by atoms with Gasteiger partial charge in [0.1, 0.15) is 0 Å². The fraction of sp³-hybridized carbons (Fsp3) is 0.462. The molecule has 0 atom stereocenters. The van der Waals surface area contributed by atoms with E-state index in [1.807, 2.05) is 25.1 Å². The molecule has 0 aromatic heterocycles. The molecule has 4 heteroatoms. The third kappa shape index (κ3) is 4.57. The van der Waals surface area contributed by atoms with Gasteiger partial charge in [0.15, 0.2) is 0 Å².